The number of para-hydroxylation sites is 1. The highest BCUT2D eigenvalue weighted by Gasteiger charge is 2.38. The van der Waals surface area contributed by atoms with Crippen molar-refractivity contribution in [2.75, 3.05) is 6.54 Å². The molecule has 2 amide bonds. The molecule has 0 radical (unpaired) electrons. The second-order valence-corrected chi connectivity index (χ2v) is 6.23. The minimum atomic E-state index is -0.219. The maximum absolute atomic E-state index is 11.8. The Bertz CT molecular complexity index is 749. The first-order valence-electron chi connectivity index (χ1n) is 8.34. The number of aromatic nitrogens is 1. The molecule has 1 saturated carbocycles. The molecular weight excluding hydrogens is 318 g/mol. The van der Waals surface area contributed by atoms with E-state index in [1.54, 1.807) is 12.3 Å². The van der Waals surface area contributed by atoms with E-state index in [0.717, 1.165) is 12.0 Å². The van der Waals surface area contributed by atoms with Gasteiger partial charge in [-0.05, 0) is 36.1 Å². The van der Waals surface area contributed by atoms with Gasteiger partial charge in [0.2, 0.25) is 17.7 Å². The quantitative estimate of drug-likeness (QED) is 0.811. The summed E-state index contributed by atoms with van der Waals surface area (Å²) in [6.45, 7) is 2.38. The largest absolute Gasteiger partial charge is 0.439 e. The van der Waals surface area contributed by atoms with Gasteiger partial charge in [-0.1, -0.05) is 25.1 Å². The Hall–Kier alpha value is -2.89. The van der Waals surface area contributed by atoms with Crippen molar-refractivity contribution in [2.24, 2.45) is 11.8 Å². The molecule has 0 saturated heterocycles. The van der Waals surface area contributed by atoms with Gasteiger partial charge >= 0.3 is 0 Å². The van der Waals surface area contributed by atoms with Crippen molar-refractivity contribution >= 4 is 11.8 Å². The van der Waals surface area contributed by atoms with Gasteiger partial charge in [0.15, 0.2) is 0 Å². The third kappa shape index (κ3) is 5.04. The van der Waals surface area contributed by atoms with Crippen LogP contribution in [-0.4, -0.2) is 23.3 Å². The lowest BCUT2D eigenvalue weighted by atomic mass is 10.2. The van der Waals surface area contributed by atoms with Crippen LogP contribution in [0.3, 0.4) is 0 Å². The molecule has 0 spiro atoms. The highest BCUT2D eigenvalue weighted by molar-refractivity contribution is 5.87. The average Bonchev–Trinajstić information content (AvgIpc) is 3.36. The third-order valence-corrected chi connectivity index (χ3v) is 4.12. The Morgan fingerprint density at radius 2 is 1.96 bits per heavy atom. The first-order chi connectivity index (χ1) is 12.1. The highest BCUT2D eigenvalue weighted by atomic mass is 16.5. The molecule has 0 aliphatic heterocycles. The molecule has 1 aliphatic rings. The SMILES string of the molecule is C[C@H]1C[C@H]1C(=O)NCC(=O)NCc1ccnc(Oc2ccccc2)c1. The van der Waals surface area contributed by atoms with Crippen LogP contribution in [0.25, 0.3) is 0 Å². The molecule has 25 heavy (non-hydrogen) atoms. The summed E-state index contributed by atoms with van der Waals surface area (Å²) in [7, 11) is 0. The Morgan fingerprint density at radius 1 is 1.20 bits per heavy atom. The third-order valence-electron chi connectivity index (χ3n) is 4.12. The number of nitrogens with zero attached hydrogens (tertiary/aromatic N) is 1. The monoisotopic (exact) mass is 339 g/mol. The number of carbonyl (C=O) groups is 2. The van der Waals surface area contributed by atoms with Crippen molar-refractivity contribution in [3.8, 4) is 11.6 Å². The van der Waals surface area contributed by atoms with Gasteiger partial charge in [-0.3, -0.25) is 9.59 Å². The number of pyridine rings is 1. The van der Waals surface area contributed by atoms with Crippen LogP contribution in [0.4, 0.5) is 0 Å². The molecular formula is C19H21N3O3. The van der Waals surface area contributed by atoms with Crippen molar-refractivity contribution in [2.45, 2.75) is 19.9 Å². The molecule has 2 aromatic rings. The van der Waals surface area contributed by atoms with E-state index in [1.807, 2.05) is 43.3 Å². The summed E-state index contributed by atoms with van der Waals surface area (Å²) in [5, 5.41) is 5.45. The molecule has 1 aromatic heterocycles. The fourth-order valence-electron chi connectivity index (χ4n) is 2.47. The van der Waals surface area contributed by atoms with Crippen LogP contribution in [0.5, 0.6) is 11.6 Å². The van der Waals surface area contributed by atoms with E-state index in [0.29, 0.717) is 24.1 Å². The normalized spacial score (nSPS) is 18.3. The molecule has 1 fully saturated rings. The van der Waals surface area contributed by atoms with Crippen LogP contribution in [0, 0.1) is 11.8 Å². The fraction of sp³-hybridized carbons (Fsp3) is 0.316. The van der Waals surface area contributed by atoms with Gasteiger partial charge in [-0.15, -0.1) is 0 Å². The molecule has 130 valence electrons. The first kappa shape index (κ1) is 17.0. The second-order valence-electron chi connectivity index (χ2n) is 6.23. The number of hydrogen-bond acceptors (Lipinski definition) is 4. The van der Waals surface area contributed by atoms with E-state index in [4.69, 9.17) is 4.74 Å². The fourth-order valence-corrected chi connectivity index (χ4v) is 2.47. The Kier molecular flexibility index (Phi) is 5.28. The molecule has 2 N–H and O–H groups in total. The Labute approximate surface area is 146 Å². The molecule has 0 bridgehead atoms. The molecule has 0 unspecified atom stereocenters. The maximum Gasteiger partial charge on any atom is 0.239 e. The number of benzene rings is 1. The van der Waals surface area contributed by atoms with Crippen LogP contribution in [0.15, 0.2) is 48.7 Å². The van der Waals surface area contributed by atoms with Gasteiger partial charge < -0.3 is 15.4 Å². The average molecular weight is 339 g/mol. The lowest BCUT2D eigenvalue weighted by Crippen LogP contribution is -2.37. The van der Waals surface area contributed by atoms with Crippen molar-refractivity contribution in [1.82, 2.24) is 15.6 Å². The van der Waals surface area contributed by atoms with Gasteiger partial charge in [-0.2, -0.15) is 0 Å². The Balaban J connectivity index is 1.45. The number of ether oxygens (including phenoxy) is 1. The van der Waals surface area contributed by atoms with Crippen molar-refractivity contribution in [3.63, 3.8) is 0 Å². The van der Waals surface area contributed by atoms with E-state index in [9.17, 15) is 9.59 Å². The summed E-state index contributed by atoms with van der Waals surface area (Å²) in [6.07, 6.45) is 2.55. The summed E-state index contributed by atoms with van der Waals surface area (Å²) in [6, 6.07) is 13.0. The zero-order valence-electron chi connectivity index (χ0n) is 14.1. The van der Waals surface area contributed by atoms with E-state index in [1.165, 1.54) is 0 Å². The molecule has 6 nitrogen and oxygen atoms in total. The first-order valence-corrected chi connectivity index (χ1v) is 8.34. The standard InChI is InChI=1S/C19H21N3O3/c1-13-9-16(13)19(24)22-12-17(23)21-11-14-7-8-20-18(10-14)25-15-5-3-2-4-6-15/h2-8,10,13,16H,9,11-12H2,1H3,(H,21,23)(H,22,24)/t13-,16+/m0/s1. The maximum atomic E-state index is 11.8. The molecule has 2 atom stereocenters. The van der Waals surface area contributed by atoms with Gasteiger partial charge in [-0.25, -0.2) is 4.98 Å². The van der Waals surface area contributed by atoms with E-state index >= 15 is 0 Å². The number of amides is 2. The molecule has 6 heteroatoms. The van der Waals surface area contributed by atoms with E-state index < -0.39 is 0 Å². The summed E-state index contributed by atoms with van der Waals surface area (Å²) < 4.78 is 5.67. The van der Waals surface area contributed by atoms with Crippen LogP contribution in [0.2, 0.25) is 0 Å². The van der Waals surface area contributed by atoms with Crippen LogP contribution >= 0.6 is 0 Å². The predicted octanol–water partition coefficient (Wildman–Crippen LogP) is 2.26. The zero-order valence-corrected chi connectivity index (χ0v) is 14.1. The number of nitrogens with one attached hydrogen (secondary N) is 2. The van der Waals surface area contributed by atoms with Crippen LogP contribution in [0.1, 0.15) is 18.9 Å². The summed E-state index contributed by atoms with van der Waals surface area (Å²) in [4.78, 5) is 27.7. The minimum Gasteiger partial charge on any atom is -0.439 e. The number of hydrogen-bond donors (Lipinski definition) is 2. The molecule has 1 aromatic carbocycles. The summed E-state index contributed by atoms with van der Waals surface area (Å²) in [5.74, 6) is 1.42. The zero-order chi connectivity index (χ0) is 17.6. The van der Waals surface area contributed by atoms with Gasteiger partial charge in [0.25, 0.3) is 0 Å². The predicted molar refractivity (Wildman–Crippen MR) is 92.9 cm³/mol. The summed E-state index contributed by atoms with van der Waals surface area (Å²) >= 11 is 0. The molecule has 1 heterocycles. The van der Waals surface area contributed by atoms with Crippen LogP contribution < -0.4 is 15.4 Å². The van der Waals surface area contributed by atoms with Gasteiger partial charge in [0.1, 0.15) is 5.75 Å². The lowest BCUT2D eigenvalue weighted by molar-refractivity contribution is -0.127. The topological polar surface area (TPSA) is 80.3 Å². The van der Waals surface area contributed by atoms with E-state index in [-0.39, 0.29) is 24.3 Å². The van der Waals surface area contributed by atoms with Crippen molar-refractivity contribution < 1.29 is 14.3 Å². The van der Waals surface area contributed by atoms with Crippen molar-refractivity contribution in [1.29, 1.82) is 0 Å². The lowest BCUT2D eigenvalue weighted by Gasteiger charge is -2.08. The number of carbonyl (C=O) groups excluding carboxylic acids is 2. The highest BCUT2D eigenvalue weighted by Crippen LogP contribution is 2.37. The summed E-state index contributed by atoms with van der Waals surface area (Å²) in [5.41, 5.74) is 0.872. The van der Waals surface area contributed by atoms with Gasteiger partial charge in [0.05, 0.1) is 6.54 Å². The van der Waals surface area contributed by atoms with Crippen molar-refractivity contribution in [3.05, 3.63) is 54.2 Å². The molecule has 3 rings (SSSR count). The van der Waals surface area contributed by atoms with Gasteiger partial charge in [0, 0.05) is 24.7 Å². The molecule has 1 aliphatic carbocycles. The van der Waals surface area contributed by atoms with Crippen LogP contribution in [-0.2, 0) is 16.1 Å². The minimum absolute atomic E-state index is 0.000505. The van der Waals surface area contributed by atoms with E-state index in [2.05, 4.69) is 15.6 Å². The Morgan fingerprint density at radius 3 is 2.68 bits per heavy atom. The smallest absolute Gasteiger partial charge is 0.239 e. The second kappa shape index (κ2) is 7.79. The number of rotatable bonds is 7.